The van der Waals surface area contributed by atoms with Crippen LogP contribution in [-0.4, -0.2) is 65.9 Å². The van der Waals surface area contributed by atoms with E-state index in [1.54, 1.807) is 0 Å². The van der Waals surface area contributed by atoms with Crippen molar-refractivity contribution in [2.75, 3.05) is 13.2 Å². The summed E-state index contributed by atoms with van der Waals surface area (Å²) in [6.07, 6.45) is -0.282. The predicted molar refractivity (Wildman–Crippen MR) is 74.1 cm³/mol. The molecule has 9 nitrogen and oxygen atoms in total. The fraction of sp³-hybridized carbons (Fsp3) is 0.615. The fourth-order valence-corrected chi connectivity index (χ4v) is 2.63. The minimum Gasteiger partial charge on any atom is -0.476 e. The molecular weight excluding hydrogens is 292 g/mol. The van der Waals surface area contributed by atoms with Crippen molar-refractivity contribution in [3.8, 4) is 5.88 Å². The van der Waals surface area contributed by atoms with Gasteiger partial charge in [-0.1, -0.05) is 0 Å². The molecule has 0 aliphatic carbocycles. The first kappa shape index (κ1) is 15.1. The Kier molecular flexibility index (Phi) is 3.73. The van der Waals surface area contributed by atoms with E-state index in [0.29, 0.717) is 23.7 Å². The van der Waals surface area contributed by atoms with Gasteiger partial charge in [-0.3, -0.25) is 4.57 Å². The third kappa shape index (κ3) is 2.13. The van der Waals surface area contributed by atoms with Crippen LogP contribution in [0.2, 0.25) is 0 Å². The third-order valence-corrected chi connectivity index (χ3v) is 3.79. The SMILES string of the molecule is CCOc1ncnc2c1ncn2[C@@H]1O[C@H](CO)[C@H](O)C1(C)O. The Bertz CT molecular complexity index is 673. The lowest BCUT2D eigenvalue weighted by molar-refractivity contribution is -0.0950. The molecule has 1 unspecified atom stereocenters. The van der Waals surface area contributed by atoms with Crippen LogP contribution in [-0.2, 0) is 4.74 Å². The molecule has 3 N–H and O–H groups in total. The summed E-state index contributed by atoms with van der Waals surface area (Å²) in [4.78, 5) is 12.4. The number of hydrogen-bond donors (Lipinski definition) is 3. The summed E-state index contributed by atoms with van der Waals surface area (Å²) < 4.78 is 12.5. The molecule has 0 bridgehead atoms. The van der Waals surface area contributed by atoms with Gasteiger partial charge >= 0.3 is 0 Å². The number of aromatic nitrogens is 4. The number of hydrogen-bond acceptors (Lipinski definition) is 8. The first-order valence-electron chi connectivity index (χ1n) is 6.97. The van der Waals surface area contributed by atoms with Gasteiger partial charge in [0.2, 0.25) is 5.88 Å². The van der Waals surface area contributed by atoms with Crippen LogP contribution in [0.15, 0.2) is 12.7 Å². The normalized spacial score (nSPS) is 31.8. The zero-order valence-corrected chi connectivity index (χ0v) is 12.2. The molecule has 0 aromatic carbocycles. The van der Waals surface area contributed by atoms with Crippen LogP contribution in [0.4, 0.5) is 0 Å². The van der Waals surface area contributed by atoms with Gasteiger partial charge in [-0.25, -0.2) is 9.97 Å². The summed E-state index contributed by atoms with van der Waals surface area (Å²) in [5, 5.41) is 29.8. The van der Waals surface area contributed by atoms with Crippen LogP contribution < -0.4 is 4.74 Å². The average Bonchev–Trinajstić information content (AvgIpc) is 3.01. The van der Waals surface area contributed by atoms with E-state index in [9.17, 15) is 15.3 Å². The Morgan fingerprint density at radius 1 is 1.41 bits per heavy atom. The Morgan fingerprint density at radius 2 is 2.18 bits per heavy atom. The molecule has 1 aliphatic rings. The second-order valence-corrected chi connectivity index (χ2v) is 5.32. The van der Waals surface area contributed by atoms with Crippen LogP contribution in [0.3, 0.4) is 0 Å². The van der Waals surface area contributed by atoms with Crippen LogP contribution >= 0.6 is 0 Å². The van der Waals surface area contributed by atoms with Gasteiger partial charge in [0, 0.05) is 0 Å². The van der Waals surface area contributed by atoms with E-state index in [2.05, 4.69) is 15.0 Å². The van der Waals surface area contributed by atoms with E-state index in [1.165, 1.54) is 24.1 Å². The molecule has 0 amide bonds. The third-order valence-electron chi connectivity index (χ3n) is 3.79. The summed E-state index contributed by atoms with van der Waals surface area (Å²) in [7, 11) is 0. The number of imidazole rings is 1. The molecular formula is C13H18N4O5. The van der Waals surface area contributed by atoms with Gasteiger partial charge in [-0.05, 0) is 13.8 Å². The van der Waals surface area contributed by atoms with Crippen LogP contribution in [0.1, 0.15) is 20.1 Å². The van der Waals surface area contributed by atoms with E-state index in [0.717, 1.165) is 0 Å². The number of fused-ring (bicyclic) bond motifs is 1. The molecule has 4 atom stereocenters. The largest absolute Gasteiger partial charge is 0.476 e. The van der Waals surface area contributed by atoms with Crippen molar-refractivity contribution in [3.63, 3.8) is 0 Å². The van der Waals surface area contributed by atoms with E-state index in [4.69, 9.17) is 9.47 Å². The summed E-state index contributed by atoms with van der Waals surface area (Å²) in [5.74, 6) is 0.336. The van der Waals surface area contributed by atoms with Crippen molar-refractivity contribution in [1.29, 1.82) is 0 Å². The number of rotatable bonds is 4. The Morgan fingerprint density at radius 3 is 2.82 bits per heavy atom. The van der Waals surface area contributed by atoms with Gasteiger partial charge in [0.15, 0.2) is 17.4 Å². The van der Waals surface area contributed by atoms with Crippen molar-refractivity contribution < 1.29 is 24.8 Å². The molecule has 2 aromatic heterocycles. The summed E-state index contributed by atoms with van der Waals surface area (Å²) >= 11 is 0. The average molecular weight is 310 g/mol. The molecule has 1 saturated heterocycles. The first-order chi connectivity index (χ1) is 10.5. The van der Waals surface area contributed by atoms with Crippen molar-refractivity contribution in [2.24, 2.45) is 0 Å². The van der Waals surface area contributed by atoms with Crippen molar-refractivity contribution >= 4 is 11.2 Å². The van der Waals surface area contributed by atoms with Gasteiger partial charge in [0.25, 0.3) is 0 Å². The van der Waals surface area contributed by atoms with Crippen LogP contribution in [0, 0.1) is 0 Å². The second kappa shape index (κ2) is 5.43. The summed E-state index contributed by atoms with van der Waals surface area (Å²) in [5.41, 5.74) is -0.752. The molecule has 3 heterocycles. The number of ether oxygens (including phenoxy) is 2. The molecule has 0 spiro atoms. The Balaban J connectivity index is 2.06. The van der Waals surface area contributed by atoms with Gasteiger partial charge in [-0.15, -0.1) is 0 Å². The highest BCUT2D eigenvalue weighted by atomic mass is 16.6. The van der Waals surface area contributed by atoms with E-state index in [-0.39, 0.29) is 0 Å². The molecule has 120 valence electrons. The lowest BCUT2D eigenvalue weighted by Crippen LogP contribution is -2.44. The highest BCUT2D eigenvalue weighted by Crippen LogP contribution is 2.39. The number of nitrogens with zero attached hydrogens (tertiary/aromatic N) is 4. The summed E-state index contributed by atoms with van der Waals surface area (Å²) in [6.45, 7) is 3.30. The lowest BCUT2D eigenvalue weighted by atomic mass is 9.96. The van der Waals surface area contributed by atoms with Gasteiger partial charge in [-0.2, -0.15) is 4.98 Å². The highest BCUT2D eigenvalue weighted by Gasteiger charge is 2.53. The molecule has 2 aromatic rings. The molecule has 3 rings (SSSR count). The van der Waals surface area contributed by atoms with Crippen molar-refractivity contribution in [2.45, 2.75) is 37.9 Å². The molecule has 22 heavy (non-hydrogen) atoms. The second-order valence-electron chi connectivity index (χ2n) is 5.32. The van der Waals surface area contributed by atoms with E-state index in [1.807, 2.05) is 6.92 Å². The quantitative estimate of drug-likeness (QED) is 0.672. The summed E-state index contributed by atoms with van der Waals surface area (Å²) in [6, 6.07) is 0. The zero-order chi connectivity index (χ0) is 15.9. The minimum absolute atomic E-state index is 0.336. The van der Waals surface area contributed by atoms with E-state index >= 15 is 0 Å². The Labute approximate surface area is 126 Å². The molecule has 0 radical (unpaired) electrons. The standard InChI is InChI=1S/C13H18N4O5/c1-3-21-11-8-10(14-5-15-11)17(6-16-8)12-13(2,20)9(19)7(4-18)22-12/h5-7,9,12,18-20H,3-4H2,1-2H3/t7-,9+,12-,13?/m1/s1. The predicted octanol–water partition coefficient (Wildman–Crippen LogP) is -0.773. The van der Waals surface area contributed by atoms with Gasteiger partial charge in [0.1, 0.15) is 24.1 Å². The highest BCUT2D eigenvalue weighted by molar-refractivity contribution is 5.76. The van der Waals surface area contributed by atoms with Gasteiger partial charge in [0.05, 0.1) is 19.5 Å². The zero-order valence-electron chi connectivity index (χ0n) is 12.2. The monoisotopic (exact) mass is 310 g/mol. The maximum absolute atomic E-state index is 10.5. The topological polar surface area (TPSA) is 123 Å². The van der Waals surface area contributed by atoms with Crippen LogP contribution in [0.25, 0.3) is 11.2 Å². The smallest absolute Gasteiger partial charge is 0.245 e. The van der Waals surface area contributed by atoms with Crippen LogP contribution in [0.5, 0.6) is 5.88 Å². The van der Waals surface area contributed by atoms with E-state index < -0.39 is 30.6 Å². The molecule has 9 heteroatoms. The number of aliphatic hydroxyl groups excluding tert-OH is 2. The van der Waals surface area contributed by atoms with Gasteiger partial charge < -0.3 is 24.8 Å². The fourth-order valence-electron chi connectivity index (χ4n) is 2.63. The van der Waals surface area contributed by atoms with Crippen molar-refractivity contribution in [1.82, 2.24) is 19.5 Å². The maximum atomic E-state index is 10.5. The molecule has 0 saturated carbocycles. The lowest BCUT2D eigenvalue weighted by Gasteiger charge is -2.27. The first-order valence-corrected chi connectivity index (χ1v) is 6.97. The maximum Gasteiger partial charge on any atom is 0.245 e. The minimum atomic E-state index is -1.60. The number of aliphatic hydroxyl groups is 3. The van der Waals surface area contributed by atoms with Crippen molar-refractivity contribution in [3.05, 3.63) is 12.7 Å². The Hall–Kier alpha value is -1.81. The molecule has 1 aliphatic heterocycles. The molecule has 1 fully saturated rings.